The molecule has 1 aliphatic rings. The lowest BCUT2D eigenvalue weighted by Gasteiger charge is -2.38. The molecule has 166 valence electrons. The number of sulfonamides is 1. The summed E-state index contributed by atoms with van der Waals surface area (Å²) in [6.45, 7) is 0.521. The van der Waals surface area contributed by atoms with Gasteiger partial charge in [0, 0.05) is 18.8 Å². The van der Waals surface area contributed by atoms with E-state index in [1.165, 1.54) is 4.31 Å². The topological polar surface area (TPSA) is 92.5 Å². The van der Waals surface area contributed by atoms with Crippen molar-refractivity contribution >= 4 is 21.6 Å². The molecule has 0 aliphatic carbocycles. The molecule has 3 aromatic carbocycles. The van der Waals surface area contributed by atoms with Crippen molar-refractivity contribution in [3.8, 4) is 0 Å². The number of nitrogen functional groups attached to an aromatic ring is 1. The van der Waals surface area contributed by atoms with Crippen molar-refractivity contribution in [2.24, 2.45) is 5.92 Å². The van der Waals surface area contributed by atoms with Crippen LogP contribution >= 0.6 is 0 Å². The number of piperidine rings is 1. The van der Waals surface area contributed by atoms with E-state index in [0.717, 1.165) is 11.1 Å². The highest BCUT2D eigenvalue weighted by atomic mass is 32.2. The van der Waals surface area contributed by atoms with Gasteiger partial charge in [-0.05, 0) is 48.2 Å². The normalized spacial score (nSPS) is 19.4. The lowest BCUT2D eigenvalue weighted by Crippen LogP contribution is -2.46. The number of carbonyl (C=O) groups is 1. The summed E-state index contributed by atoms with van der Waals surface area (Å²) in [5.74, 6) is -0.552. The molecule has 1 amide bonds. The number of anilines is 1. The number of amides is 1. The summed E-state index contributed by atoms with van der Waals surface area (Å²) in [6.07, 6.45) is 1.20. The largest absolute Gasteiger partial charge is 0.399 e. The summed E-state index contributed by atoms with van der Waals surface area (Å²) >= 11 is 0. The SMILES string of the molecule is Nc1ccc(CNC(=O)[C@@H]2CC[C@H](c3ccccc3)N(S(=O)(=O)c3ccccc3)C2)cc1. The molecule has 0 bridgehead atoms. The zero-order chi connectivity index (χ0) is 22.6. The molecule has 0 unspecified atom stereocenters. The predicted molar refractivity (Wildman–Crippen MR) is 125 cm³/mol. The van der Waals surface area contributed by atoms with E-state index < -0.39 is 15.9 Å². The fourth-order valence-electron chi connectivity index (χ4n) is 4.12. The number of nitrogens with two attached hydrogens (primary N) is 1. The molecule has 3 N–H and O–H groups in total. The molecule has 0 spiro atoms. The minimum atomic E-state index is -3.76. The van der Waals surface area contributed by atoms with Crippen LogP contribution in [0.5, 0.6) is 0 Å². The van der Waals surface area contributed by atoms with Gasteiger partial charge in [-0.25, -0.2) is 8.42 Å². The number of nitrogens with zero attached hydrogens (tertiary/aromatic N) is 1. The van der Waals surface area contributed by atoms with Crippen LogP contribution in [0.2, 0.25) is 0 Å². The fraction of sp³-hybridized carbons (Fsp3) is 0.240. The summed E-state index contributed by atoms with van der Waals surface area (Å²) in [4.78, 5) is 13.2. The van der Waals surface area contributed by atoms with E-state index in [1.54, 1.807) is 42.5 Å². The van der Waals surface area contributed by atoms with Crippen LogP contribution in [-0.4, -0.2) is 25.2 Å². The van der Waals surface area contributed by atoms with Crippen molar-refractivity contribution in [1.29, 1.82) is 0 Å². The summed E-state index contributed by atoms with van der Waals surface area (Å²) in [7, 11) is -3.76. The van der Waals surface area contributed by atoms with E-state index in [9.17, 15) is 13.2 Å². The van der Waals surface area contributed by atoms with E-state index in [2.05, 4.69) is 5.32 Å². The molecule has 1 aliphatic heterocycles. The molecule has 4 rings (SSSR count). The van der Waals surface area contributed by atoms with Gasteiger partial charge in [-0.2, -0.15) is 4.31 Å². The van der Waals surface area contributed by atoms with Crippen LogP contribution < -0.4 is 11.1 Å². The van der Waals surface area contributed by atoms with Gasteiger partial charge in [0.25, 0.3) is 0 Å². The van der Waals surface area contributed by atoms with Crippen LogP contribution in [0.15, 0.2) is 89.8 Å². The molecule has 0 aromatic heterocycles. The molecular formula is C25H27N3O3S. The zero-order valence-electron chi connectivity index (χ0n) is 17.7. The van der Waals surface area contributed by atoms with Crippen LogP contribution in [0.3, 0.4) is 0 Å². The van der Waals surface area contributed by atoms with Crippen LogP contribution in [0.4, 0.5) is 5.69 Å². The molecule has 1 saturated heterocycles. The minimum absolute atomic E-state index is 0.137. The lowest BCUT2D eigenvalue weighted by atomic mass is 9.90. The van der Waals surface area contributed by atoms with E-state index in [4.69, 9.17) is 5.73 Å². The Kier molecular flexibility index (Phi) is 6.58. The van der Waals surface area contributed by atoms with Gasteiger partial charge in [0.2, 0.25) is 15.9 Å². The molecule has 32 heavy (non-hydrogen) atoms. The Hall–Kier alpha value is -3.16. The summed E-state index contributed by atoms with van der Waals surface area (Å²) in [5.41, 5.74) is 8.26. The van der Waals surface area contributed by atoms with Crippen molar-refractivity contribution < 1.29 is 13.2 Å². The summed E-state index contributed by atoms with van der Waals surface area (Å²) in [6, 6.07) is 25.1. The van der Waals surface area contributed by atoms with Gasteiger partial charge in [0.1, 0.15) is 0 Å². The van der Waals surface area contributed by atoms with Gasteiger partial charge in [-0.3, -0.25) is 4.79 Å². The Labute approximate surface area is 189 Å². The Morgan fingerprint density at radius 2 is 1.53 bits per heavy atom. The number of hydrogen-bond acceptors (Lipinski definition) is 4. The van der Waals surface area contributed by atoms with Crippen LogP contribution in [0.1, 0.15) is 30.0 Å². The Bertz CT molecular complexity index is 1150. The molecule has 6 nitrogen and oxygen atoms in total. The van der Waals surface area contributed by atoms with Crippen LogP contribution in [-0.2, 0) is 21.4 Å². The van der Waals surface area contributed by atoms with Gasteiger partial charge < -0.3 is 11.1 Å². The third kappa shape index (κ3) is 4.84. The first kappa shape index (κ1) is 22.0. The van der Waals surface area contributed by atoms with Crippen molar-refractivity contribution in [2.75, 3.05) is 12.3 Å². The highest BCUT2D eigenvalue weighted by Gasteiger charge is 2.39. The molecule has 0 radical (unpaired) electrons. The van der Waals surface area contributed by atoms with Gasteiger partial charge >= 0.3 is 0 Å². The van der Waals surface area contributed by atoms with E-state index in [-0.39, 0.29) is 23.4 Å². The van der Waals surface area contributed by atoms with E-state index in [1.807, 2.05) is 42.5 Å². The average molecular weight is 450 g/mol. The smallest absolute Gasteiger partial charge is 0.243 e. The molecule has 1 heterocycles. The zero-order valence-corrected chi connectivity index (χ0v) is 18.5. The fourth-order valence-corrected chi connectivity index (χ4v) is 5.83. The van der Waals surface area contributed by atoms with Crippen LogP contribution in [0, 0.1) is 5.92 Å². The van der Waals surface area contributed by atoms with Crippen molar-refractivity contribution in [3.63, 3.8) is 0 Å². The van der Waals surface area contributed by atoms with E-state index in [0.29, 0.717) is 25.1 Å². The second-order valence-electron chi connectivity index (χ2n) is 8.05. The molecule has 7 heteroatoms. The maximum atomic E-state index is 13.5. The van der Waals surface area contributed by atoms with Crippen molar-refractivity contribution in [1.82, 2.24) is 9.62 Å². The average Bonchev–Trinajstić information content (AvgIpc) is 2.84. The molecule has 2 atom stereocenters. The number of rotatable bonds is 6. The summed E-state index contributed by atoms with van der Waals surface area (Å²) in [5, 5.41) is 2.95. The number of nitrogens with one attached hydrogen (secondary N) is 1. The lowest BCUT2D eigenvalue weighted by molar-refractivity contribution is -0.126. The van der Waals surface area contributed by atoms with Gasteiger partial charge in [-0.15, -0.1) is 0 Å². The Morgan fingerprint density at radius 3 is 2.19 bits per heavy atom. The maximum Gasteiger partial charge on any atom is 0.243 e. The molecular weight excluding hydrogens is 422 g/mol. The minimum Gasteiger partial charge on any atom is -0.399 e. The van der Waals surface area contributed by atoms with Gasteiger partial charge in [-0.1, -0.05) is 60.7 Å². The highest BCUT2D eigenvalue weighted by Crippen LogP contribution is 2.37. The van der Waals surface area contributed by atoms with Crippen molar-refractivity contribution in [2.45, 2.75) is 30.3 Å². The predicted octanol–water partition coefficient (Wildman–Crippen LogP) is 3.73. The monoisotopic (exact) mass is 449 g/mol. The number of carbonyl (C=O) groups excluding carboxylic acids is 1. The first-order chi connectivity index (χ1) is 15.4. The Balaban J connectivity index is 1.55. The third-order valence-electron chi connectivity index (χ3n) is 5.89. The quantitative estimate of drug-likeness (QED) is 0.561. The second-order valence-corrected chi connectivity index (χ2v) is 9.94. The first-order valence-electron chi connectivity index (χ1n) is 10.7. The number of benzene rings is 3. The standard InChI is InChI=1S/C25H27N3O3S/c26-22-14-11-19(12-15-22)17-27-25(29)21-13-16-24(20-7-3-1-4-8-20)28(18-21)32(30,31)23-9-5-2-6-10-23/h1-12,14-15,21,24H,13,16-18,26H2,(H,27,29)/t21-,24-/m1/s1. The number of hydrogen-bond donors (Lipinski definition) is 2. The Morgan fingerprint density at radius 1 is 0.906 bits per heavy atom. The highest BCUT2D eigenvalue weighted by molar-refractivity contribution is 7.89. The van der Waals surface area contributed by atoms with Gasteiger partial charge in [0.15, 0.2) is 0 Å². The molecule has 1 fully saturated rings. The molecule has 3 aromatic rings. The third-order valence-corrected chi connectivity index (χ3v) is 7.78. The maximum absolute atomic E-state index is 13.5. The van der Waals surface area contributed by atoms with Crippen LogP contribution in [0.25, 0.3) is 0 Å². The first-order valence-corrected chi connectivity index (χ1v) is 12.1. The van der Waals surface area contributed by atoms with Crippen molar-refractivity contribution in [3.05, 3.63) is 96.1 Å². The van der Waals surface area contributed by atoms with E-state index >= 15 is 0 Å². The second kappa shape index (κ2) is 9.54. The molecule has 0 saturated carbocycles. The summed E-state index contributed by atoms with van der Waals surface area (Å²) < 4.78 is 28.6. The van der Waals surface area contributed by atoms with Gasteiger partial charge in [0.05, 0.1) is 16.9 Å².